The normalized spacial score (nSPS) is 19.8. The van der Waals surface area contributed by atoms with Crippen LogP contribution in [0.3, 0.4) is 0 Å². The Kier molecular flexibility index (Phi) is 7.77. The number of para-hydroxylation sites is 1. The number of nitrogens with one attached hydrogen (secondary N) is 1. The molecule has 1 aliphatic carbocycles. The van der Waals surface area contributed by atoms with Gasteiger partial charge in [0.25, 0.3) is 0 Å². The Morgan fingerprint density at radius 2 is 1.83 bits per heavy atom. The fraction of sp³-hybridized carbons (Fsp3) is 0.636. The molecule has 2 amide bonds. The summed E-state index contributed by atoms with van der Waals surface area (Å²) in [6.45, 7) is 7.80. The Bertz CT molecular complexity index is 744. The fourth-order valence-electron chi connectivity index (χ4n) is 3.58. The maximum absolute atomic E-state index is 13.1. The van der Waals surface area contributed by atoms with Gasteiger partial charge in [0, 0.05) is 18.2 Å². The Labute approximate surface area is 176 Å². The molecule has 0 bridgehead atoms. The first-order valence-corrected chi connectivity index (χ1v) is 10.3. The van der Waals surface area contributed by atoms with Gasteiger partial charge in [-0.25, -0.2) is 4.79 Å². The second-order valence-corrected chi connectivity index (χ2v) is 8.74. The van der Waals surface area contributed by atoms with Crippen LogP contribution in [0, 0.1) is 11.8 Å². The number of hydrogen-bond acceptors (Lipinski definition) is 3. The van der Waals surface area contributed by atoms with Gasteiger partial charge in [0.1, 0.15) is 5.60 Å². The van der Waals surface area contributed by atoms with Crippen molar-refractivity contribution in [1.29, 1.82) is 0 Å². The molecule has 0 aromatic heterocycles. The predicted octanol–water partition coefficient (Wildman–Crippen LogP) is 5.75. The van der Waals surface area contributed by atoms with E-state index in [1.807, 2.05) is 6.92 Å². The van der Waals surface area contributed by atoms with Crippen LogP contribution in [0.15, 0.2) is 24.3 Å². The van der Waals surface area contributed by atoms with Crippen molar-refractivity contribution in [2.75, 3.05) is 11.9 Å². The molecule has 0 heterocycles. The number of amides is 2. The molecule has 30 heavy (non-hydrogen) atoms. The molecule has 2 unspecified atom stereocenters. The van der Waals surface area contributed by atoms with Crippen LogP contribution < -0.4 is 5.32 Å². The van der Waals surface area contributed by atoms with Gasteiger partial charge in [0.05, 0.1) is 12.5 Å². The van der Waals surface area contributed by atoms with Crippen molar-refractivity contribution >= 4 is 17.7 Å². The van der Waals surface area contributed by atoms with E-state index < -0.39 is 35.6 Å². The number of halogens is 3. The maximum Gasteiger partial charge on any atom is 0.410 e. The number of carbonyl (C=O) groups is 2. The van der Waals surface area contributed by atoms with Gasteiger partial charge in [-0.3, -0.25) is 4.79 Å². The van der Waals surface area contributed by atoms with Gasteiger partial charge in [-0.15, -0.1) is 0 Å². The number of rotatable bonds is 5. The molecule has 5 nitrogen and oxygen atoms in total. The van der Waals surface area contributed by atoms with Crippen LogP contribution in [-0.2, 0) is 16.1 Å². The highest BCUT2D eigenvalue weighted by Crippen LogP contribution is 2.40. The number of carbonyl (C=O) groups excluding carboxylic acids is 2. The fourth-order valence-corrected chi connectivity index (χ4v) is 3.58. The third-order valence-electron chi connectivity index (χ3n) is 5.18. The van der Waals surface area contributed by atoms with Gasteiger partial charge in [0.2, 0.25) is 5.91 Å². The Balaban J connectivity index is 2.09. The standard InChI is InChI=1S/C22H31F3N2O3/c1-5-27(20(29)30-21(2,3)4)14-16-9-6-7-12-18(16)26-19(28)15-10-8-11-17(13-15)22(23,24)25/h6-7,9,12,15,17H,5,8,10-11,13-14H2,1-4H3,(H,26,28). The van der Waals surface area contributed by atoms with E-state index in [0.29, 0.717) is 30.6 Å². The van der Waals surface area contributed by atoms with Crippen LogP contribution in [0.25, 0.3) is 0 Å². The quantitative estimate of drug-likeness (QED) is 0.650. The van der Waals surface area contributed by atoms with Gasteiger partial charge in [-0.1, -0.05) is 24.6 Å². The van der Waals surface area contributed by atoms with Gasteiger partial charge in [0.15, 0.2) is 0 Å². The minimum absolute atomic E-state index is 0.0746. The van der Waals surface area contributed by atoms with Crippen molar-refractivity contribution in [1.82, 2.24) is 4.90 Å². The molecule has 0 saturated heterocycles. The molecular weight excluding hydrogens is 397 g/mol. The molecule has 1 saturated carbocycles. The molecule has 0 spiro atoms. The lowest BCUT2D eigenvalue weighted by Gasteiger charge is -2.30. The number of ether oxygens (including phenoxy) is 1. The maximum atomic E-state index is 13.1. The molecule has 2 rings (SSSR count). The Morgan fingerprint density at radius 1 is 1.17 bits per heavy atom. The van der Waals surface area contributed by atoms with Crippen molar-refractivity contribution in [3.8, 4) is 0 Å². The zero-order chi connectivity index (χ0) is 22.5. The number of alkyl halides is 3. The largest absolute Gasteiger partial charge is 0.444 e. The molecule has 168 valence electrons. The lowest BCUT2D eigenvalue weighted by Crippen LogP contribution is -2.37. The van der Waals surface area contributed by atoms with E-state index in [9.17, 15) is 22.8 Å². The minimum Gasteiger partial charge on any atom is -0.444 e. The summed E-state index contributed by atoms with van der Waals surface area (Å²) in [7, 11) is 0. The van der Waals surface area contributed by atoms with E-state index in [2.05, 4.69) is 5.32 Å². The lowest BCUT2D eigenvalue weighted by atomic mass is 9.80. The second-order valence-electron chi connectivity index (χ2n) is 8.74. The number of benzene rings is 1. The first-order chi connectivity index (χ1) is 13.9. The van der Waals surface area contributed by atoms with Crippen molar-refractivity contribution < 1.29 is 27.5 Å². The molecule has 1 fully saturated rings. The predicted molar refractivity (Wildman–Crippen MR) is 109 cm³/mol. The second kappa shape index (κ2) is 9.71. The highest BCUT2D eigenvalue weighted by atomic mass is 19.4. The van der Waals surface area contributed by atoms with Crippen molar-refractivity contribution in [3.05, 3.63) is 29.8 Å². The van der Waals surface area contributed by atoms with Crippen LogP contribution in [0.2, 0.25) is 0 Å². The summed E-state index contributed by atoms with van der Waals surface area (Å²) >= 11 is 0. The van der Waals surface area contributed by atoms with E-state index in [1.165, 1.54) is 4.90 Å². The summed E-state index contributed by atoms with van der Waals surface area (Å²) in [5.74, 6) is -2.51. The van der Waals surface area contributed by atoms with Crippen molar-refractivity contribution in [2.45, 2.75) is 71.7 Å². The summed E-state index contributed by atoms with van der Waals surface area (Å²) in [5, 5.41) is 2.78. The zero-order valence-electron chi connectivity index (χ0n) is 18.0. The summed E-state index contributed by atoms with van der Waals surface area (Å²) in [4.78, 5) is 26.6. The van der Waals surface area contributed by atoms with Crippen molar-refractivity contribution in [3.63, 3.8) is 0 Å². The average Bonchev–Trinajstić information content (AvgIpc) is 2.65. The average molecular weight is 428 g/mol. The molecule has 0 aliphatic heterocycles. The molecular formula is C22H31F3N2O3. The van der Waals surface area contributed by atoms with Crippen LogP contribution in [-0.4, -0.2) is 35.2 Å². The first kappa shape index (κ1) is 24.0. The van der Waals surface area contributed by atoms with E-state index in [0.717, 1.165) is 0 Å². The van der Waals surface area contributed by atoms with Crippen molar-refractivity contribution in [2.24, 2.45) is 11.8 Å². The minimum atomic E-state index is -4.27. The van der Waals surface area contributed by atoms with Crippen LogP contribution >= 0.6 is 0 Å². The summed E-state index contributed by atoms with van der Waals surface area (Å²) in [6, 6.07) is 7.00. The lowest BCUT2D eigenvalue weighted by molar-refractivity contribution is -0.185. The monoisotopic (exact) mass is 428 g/mol. The molecule has 2 atom stereocenters. The topological polar surface area (TPSA) is 58.6 Å². The zero-order valence-corrected chi connectivity index (χ0v) is 18.0. The molecule has 1 N–H and O–H groups in total. The van der Waals surface area contributed by atoms with Crippen LogP contribution in [0.5, 0.6) is 0 Å². The third kappa shape index (κ3) is 6.92. The molecule has 8 heteroatoms. The summed E-state index contributed by atoms with van der Waals surface area (Å²) < 4.78 is 44.6. The third-order valence-corrected chi connectivity index (χ3v) is 5.18. The Morgan fingerprint density at radius 3 is 2.43 bits per heavy atom. The van der Waals surface area contributed by atoms with Crippen LogP contribution in [0.4, 0.5) is 23.7 Å². The van der Waals surface area contributed by atoms with Gasteiger partial charge in [-0.2, -0.15) is 13.2 Å². The van der Waals surface area contributed by atoms with Gasteiger partial charge < -0.3 is 15.0 Å². The van der Waals surface area contributed by atoms with Gasteiger partial charge in [-0.05, 0) is 58.6 Å². The smallest absolute Gasteiger partial charge is 0.410 e. The number of nitrogens with zero attached hydrogens (tertiary/aromatic N) is 1. The highest BCUT2D eigenvalue weighted by Gasteiger charge is 2.43. The highest BCUT2D eigenvalue weighted by molar-refractivity contribution is 5.93. The van der Waals surface area contributed by atoms with Crippen LogP contribution in [0.1, 0.15) is 58.9 Å². The first-order valence-electron chi connectivity index (χ1n) is 10.3. The van der Waals surface area contributed by atoms with E-state index in [4.69, 9.17) is 4.74 Å². The summed E-state index contributed by atoms with van der Waals surface area (Å²) in [5.41, 5.74) is 0.564. The number of hydrogen-bond donors (Lipinski definition) is 1. The van der Waals surface area contributed by atoms with E-state index >= 15 is 0 Å². The molecule has 0 radical (unpaired) electrons. The SMILES string of the molecule is CCN(Cc1ccccc1NC(=O)C1CCCC(C(F)(F)F)C1)C(=O)OC(C)(C)C. The van der Waals surface area contributed by atoms with Gasteiger partial charge >= 0.3 is 12.3 Å². The molecule has 1 aromatic carbocycles. The summed E-state index contributed by atoms with van der Waals surface area (Å²) in [6.07, 6.45) is -4.02. The Hall–Kier alpha value is -2.25. The van der Waals surface area contributed by atoms with E-state index in [-0.39, 0.29) is 19.4 Å². The molecule has 1 aromatic rings. The number of anilines is 1. The molecule has 1 aliphatic rings. The van der Waals surface area contributed by atoms with E-state index in [1.54, 1.807) is 45.0 Å².